The zero-order valence-electron chi connectivity index (χ0n) is 17.4. The third kappa shape index (κ3) is 4.50. The van der Waals surface area contributed by atoms with E-state index in [1.165, 1.54) is 12.1 Å². The average Bonchev–Trinajstić information content (AvgIpc) is 3.51. The molecule has 7 heteroatoms. The molecule has 0 saturated heterocycles. The summed E-state index contributed by atoms with van der Waals surface area (Å²) in [4.78, 5) is 12.8. The van der Waals surface area contributed by atoms with E-state index in [1.807, 2.05) is 6.92 Å². The maximum absolute atomic E-state index is 12.9. The number of nitrogens with two attached hydrogens (primary N) is 1. The van der Waals surface area contributed by atoms with Crippen LogP contribution in [0.3, 0.4) is 0 Å². The minimum Gasteiger partial charge on any atom is -0.491 e. The second-order valence-electron chi connectivity index (χ2n) is 8.59. The molecule has 0 bridgehead atoms. The van der Waals surface area contributed by atoms with E-state index in [1.54, 1.807) is 12.1 Å². The van der Waals surface area contributed by atoms with Crippen LogP contribution in [0.5, 0.6) is 11.5 Å². The summed E-state index contributed by atoms with van der Waals surface area (Å²) in [7, 11) is 0. The minimum absolute atomic E-state index is 0.280. The third-order valence-corrected chi connectivity index (χ3v) is 6.44. The van der Waals surface area contributed by atoms with Crippen molar-refractivity contribution in [1.82, 2.24) is 0 Å². The van der Waals surface area contributed by atoms with Gasteiger partial charge in [-0.2, -0.15) is 13.2 Å². The topological polar surface area (TPSA) is 61.5 Å². The molecule has 0 aromatic heterocycles. The van der Waals surface area contributed by atoms with Gasteiger partial charge in [-0.25, -0.2) is 0 Å². The molecule has 2 saturated carbocycles. The number of carbonyl (C=O) groups excluding carboxylic acids is 1. The number of hydrogen-bond donors (Lipinski definition) is 1. The van der Waals surface area contributed by atoms with E-state index in [2.05, 4.69) is 0 Å². The van der Waals surface area contributed by atoms with Crippen LogP contribution in [0.2, 0.25) is 0 Å². The Morgan fingerprint density at radius 3 is 2.35 bits per heavy atom. The van der Waals surface area contributed by atoms with Gasteiger partial charge in [0, 0.05) is 11.6 Å². The summed E-state index contributed by atoms with van der Waals surface area (Å²) in [6, 6.07) is 7.96. The number of ether oxygens (including phenoxy) is 2. The maximum atomic E-state index is 12.9. The molecule has 0 aliphatic heterocycles. The molecule has 0 heterocycles. The Bertz CT molecular complexity index is 956. The number of esters is 1. The van der Waals surface area contributed by atoms with Gasteiger partial charge in [0.2, 0.25) is 0 Å². The molecule has 0 unspecified atom stereocenters. The Balaban J connectivity index is 1.66. The van der Waals surface area contributed by atoms with Gasteiger partial charge in [-0.05, 0) is 61.8 Å². The van der Waals surface area contributed by atoms with E-state index >= 15 is 0 Å². The average molecular weight is 433 g/mol. The molecule has 0 atom stereocenters. The maximum Gasteiger partial charge on any atom is 0.416 e. The van der Waals surface area contributed by atoms with Crippen molar-refractivity contribution in [2.45, 2.75) is 51.6 Å². The zero-order valence-corrected chi connectivity index (χ0v) is 17.4. The highest BCUT2D eigenvalue weighted by Gasteiger charge is 2.44. The van der Waals surface area contributed by atoms with Crippen LogP contribution in [0.4, 0.5) is 18.9 Å². The fourth-order valence-electron chi connectivity index (χ4n) is 3.87. The van der Waals surface area contributed by atoms with Gasteiger partial charge < -0.3 is 15.2 Å². The van der Waals surface area contributed by atoms with Crippen LogP contribution in [0.1, 0.15) is 51.0 Å². The van der Waals surface area contributed by atoms with Crippen LogP contribution in [-0.2, 0) is 11.0 Å². The van der Waals surface area contributed by atoms with E-state index in [0.717, 1.165) is 44.2 Å². The molecule has 31 heavy (non-hydrogen) atoms. The van der Waals surface area contributed by atoms with Gasteiger partial charge in [0.15, 0.2) is 0 Å². The molecule has 2 fully saturated rings. The van der Waals surface area contributed by atoms with Gasteiger partial charge in [0.05, 0.1) is 23.3 Å². The highest BCUT2D eigenvalue weighted by atomic mass is 19.4. The van der Waals surface area contributed by atoms with E-state index in [0.29, 0.717) is 47.3 Å². The second kappa shape index (κ2) is 8.09. The number of halogens is 3. The van der Waals surface area contributed by atoms with Gasteiger partial charge in [-0.15, -0.1) is 0 Å². The van der Waals surface area contributed by atoms with Crippen molar-refractivity contribution in [2.24, 2.45) is 11.3 Å². The summed E-state index contributed by atoms with van der Waals surface area (Å²) in [5, 5.41) is 0. The summed E-state index contributed by atoms with van der Waals surface area (Å²) >= 11 is 0. The lowest BCUT2D eigenvalue weighted by molar-refractivity contribution is -0.151. The molecule has 4 nitrogen and oxygen atoms in total. The predicted molar refractivity (Wildman–Crippen MR) is 112 cm³/mol. The molecule has 0 spiro atoms. The highest BCUT2D eigenvalue weighted by Crippen LogP contribution is 2.46. The van der Waals surface area contributed by atoms with Gasteiger partial charge in [-0.3, -0.25) is 4.79 Å². The molecule has 2 N–H and O–H groups in total. The normalized spacial score (nSPS) is 17.7. The van der Waals surface area contributed by atoms with E-state index in [4.69, 9.17) is 15.2 Å². The smallest absolute Gasteiger partial charge is 0.416 e. The van der Waals surface area contributed by atoms with Crippen LogP contribution in [0.15, 0.2) is 36.4 Å². The number of benzene rings is 2. The fourth-order valence-corrected chi connectivity index (χ4v) is 3.87. The molecular formula is C24H26F3NO3. The molecule has 2 aliphatic rings. The van der Waals surface area contributed by atoms with E-state index in [9.17, 15) is 18.0 Å². The second-order valence-corrected chi connectivity index (χ2v) is 8.59. The molecule has 4 rings (SSSR count). The zero-order chi connectivity index (χ0) is 22.2. The first-order valence-corrected chi connectivity index (χ1v) is 10.7. The van der Waals surface area contributed by atoms with Crippen LogP contribution >= 0.6 is 0 Å². The first-order valence-electron chi connectivity index (χ1n) is 10.7. The highest BCUT2D eigenvalue weighted by molar-refractivity contribution is 5.85. The lowest BCUT2D eigenvalue weighted by Crippen LogP contribution is -2.40. The molecular weight excluding hydrogens is 407 g/mol. The number of rotatable bonds is 7. The Kier molecular flexibility index (Phi) is 5.62. The molecule has 166 valence electrons. The predicted octanol–water partition coefficient (Wildman–Crippen LogP) is 6.23. The van der Waals surface area contributed by atoms with Crippen LogP contribution in [0.25, 0.3) is 11.1 Å². The summed E-state index contributed by atoms with van der Waals surface area (Å²) < 4.78 is 50.4. The van der Waals surface area contributed by atoms with Crippen molar-refractivity contribution in [3.8, 4) is 22.6 Å². The van der Waals surface area contributed by atoms with Crippen LogP contribution in [-0.4, -0.2) is 12.6 Å². The molecule has 0 radical (unpaired) electrons. The Hall–Kier alpha value is -2.70. The summed E-state index contributed by atoms with van der Waals surface area (Å²) in [6.07, 6.45) is 1.08. The van der Waals surface area contributed by atoms with Crippen molar-refractivity contribution in [2.75, 3.05) is 12.3 Å². The molecule has 2 aromatic carbocycles. The SMILES string of the molecule is CCC1(C(=O)Oc2cc(OCC3CC3)c(N)c(-c3ccc(C(F)(F)F)cc3)c2)CCC1. The van der Waals surface area contributed by atoms with Crippen LogP contribution in [0, 0.1) is 11.3 Å². The number of nitrogen functional groups attached to an aromatic ring is 1. The molecule has 2 aromatic rings. The summed E-state index contributed by atoms with van der Waals surface area (Å²) in [6.45, 7) is 2.48. The first kappa shape index (κ1) is 21.5. The fraction of sp³-hybridized carbons (Fsp3) is 0.458. The van der Waals surface area contributed by atoms with Gasteiger partial charge in [-0.1, -0.05) is 25.5 Å². The molecule has 2 aliphatic carbocycles. The van der Waals surface area contributed by atoms with Gasteiger partial charge in [0.25, 0.3) is 0 Å². The Labute approximate surface area is 179 Å². The van der Waals surface area contributed by atoms with Crippen molar-refractivity contribution >= 4 is 11.7 Å². The number of alkyl halides is 3. The third-order valence-electron chi connectivity index (χ3n) is 6.44. The summed E-state index contributed by atoms with van der Waals surface area (Å²) in [5.74, 6) is 0.877. The largest absolute Gasteiger partial charge is 0.491 e. The van der Waals surface area contributed by atoms with E-state index in [-0.39, 0.29) is 5.97 Å². The Morgan fingerprint density at radius 1 is 1.16 bits per heavy atom. The van der Waals surface area contributed by atoms with Gasteiger partial charge >= 0.3 is 12.1 Å². The summed E-state index contributed by atoms with van der Waals surface area (Å²) in [5.41, 5.74) is 6.40. The van der Waals surface area contributed by atoms with E-state index < -0.39 is 17.2 Å². The lowest BCUT2D eigenvalue weighted by Gasteiger charge is -2.38. The number of carbonyl (C=O) groups is 1. The van der Waals surface area contributed by atoms with Crippen LogP contribution < -0.4 is 15.2 Å². The molecule has 0 amide bonds. The van der Waals surface area contributed by atoms with Crippen molar-refractivity contribution in [3.63, 3.8) is 0 Å². The number of anilines is 1. The minimum atomic E-state index is -4.42. The standard InChI is InChI=1S/C24H26F3NO3/c1-2-23(10-3-11-23)22(29)31-18-12-19(16-6-8-17(9-7-16)24(25,26)27)21(28)20(13-18)30-14-15-4-5-15/h6-9,12-13,15H,2-5,10-11,14,28H2,1H3. The Morgan fingerprint density at radius 2 is 1.84 bits per heavy atom. The van der Waals surface area contributed by atoms with Crippen molar-refractivity contribution < 1.29 is 27.4 Å². The number of hydrogen-bond acceptors (Lipinski definition) is 4. The van der Waals surface area contributed by atoms with Crippen molar-refractivity contribution in [3.05, 3.63) is 42.0 Å². The first-order chi connectivity index (χ1) is 14.7. The van der Waals surface area contributed by atoms with Gasteiger partial charge in [0.1, 0.15) is 11.5 Å². The van der Waals surface area contributed by atoms with Crippen molar-refractivity contribution in [1.29, 1.82) is 0 Å². The monoisotopic (exact) mass is 433 g/mol. The lowest BCUT2D eigenvalue weighted by atomic mass is 9.67. The quantitative estimate of drug-likeness (QED) is 0.319.